The number of carbonyl (C=O) groups excluding carboxylic acids is 1. The number of hydrogen-bond donors (Lipinski definition) is 3. The summed E-state index contributed by atoms with van der Waals surface area (Å²) in [5, 5.41) is 21.6. The Morgan fingerprint density at radius 3 is 2.38 bits per heavy atom. The van der Waals surface area contributed by atoms with Gasteiger partial charge in [-0.3, -0.25) is 9.59 Å². The molecule has 0 aliphatic carbocycles. The largest absolute Gasteiger partial charge is 0.483 e. The number of aromatic nitrogens is 1. The van der Waals surface area contributed by atoms with Crippen molar-refractivity contribution in [1.82, 2.24) is 4.98 Å². The topological polar surface area (TPSA) is 145 Å². The van der Waals surface area contributed by atoms with E-state index in [-0.39, 0.29) is 34.9 Å². The Labute approximate surface area is 165 Å². The number of rotatable bonds is 5. The number of nitrogen functional groups attached to an aromatic ring is 1. The molecular weight excluding hydrogens is 370 g/mol. The van der Waals surface area contributed by atoms with Crippen molar-refractivity contribution >= 4 is 17.4 Å². The third kappa shape index (κ3) is 4.07. The molecule has 2 aromatic carbocycles. The number of pyridine rings is 1. The number of anilines is 2. The Balaban J connectivity index is 1.95. The van der Waals surface area contributed by atoms with Gasteiger partial charge >= 0.3 is 0 Å². The van der Waals surface area contributed by atoms with Gasteiger partial charge in [0.05, 0.1) is 0 Å². The monoisotopic (exact) mass is 385 g/mol. The molecule has 3 aromatic rings. The highest BCUT2D eigenvalue weighted by molar-refractivity contribution is 5.92. The number of aromatic amines is 1. The summed E-state index contributed by atoms with van der Waals surface area (Å²) in [4.78, 5) is 26.6. The molecule has 3 rings (SSSR count). The lowest BCUT2D eigenvalue weighted by Crippen LogP contribution is -2.20. The van der Waals surface area contributed by atoms with Crippen LogP contribution in [-0.2, 0) is 4.79 Å². The number of ether oxygens (including phenoxy) is 1. The Bertz CT molecular complexity index is 1200. The van der Waals surface area contributed by atoms with Crippen molar-refractivity contribution in [3.05, 3.63) is 76.1 Å². The highest BCUT2D eigenvalue weighted by Gasteiger charge is 2.21. The van der Waals surface area contributed by atoms with E-state index in [1.54, 1.807) is 54.6 Å². The molecule has 0 spiro atoms. The van der Waals surface area contributed by atoms with Gasteiger partial charge in [-0.05, 0) is 18.2 Å². The number of benzene rings is 2. The van der Waals surface area contributed by atoms with Crippen LogP contribution in [0.3, 0.4) is 0 Å². The third-order valence-electron chi connectivity index (χ3n) is 4.04. The molecule has 8 nitrogen and oxygen atoms in total. The van der Waals surface area contributed by atoms with Crippen molar-refractivity contribution in [3.63, 3.8) is 0 Å². The van der Waals surface area contributed by atoms with Crippen LogP contribution in [0.15, 0.2) is 59.4 Å². The first-order valence-electron chi connectivity index (χ1n) is 8.48. The fourth-order valence-electron chi connectivity index (χ4n) is 2.77. The van der Waals surface area contributed by atoms with Crippen LogP contribution in [0, 0.1) is 22.7 Å². The summed E-state index contributed by atoms with van der Waals surface area (Å²) < 4.78 is 5.62. The Kier molecular flexibility index (Phi) is 5.58. The number of hydrogen-bond acceptors (Lipinski definition) is 6. The van der Waals surface area contributed by atoms with E-state index in [1.165, 1.54) is 0 Å². The normalized spacial score (nSPS) is 9.86. The molecule has 1 aromatic heterocycles. The van der Waals surface area contributed by atoms with E-state index in [9.17, 15) is 20.1 Å². The van der Waals surface area contributed by atoms with Crippen molar-refractivity contribution in [1.29, 1.82) is 10.5 Å². The van der Waals surface area contributed by atoms with E-state index in [1.807, 2.05) is 12.1 Å². The van der Waals surface area contributed by atoms with Crippen LogP contribution in [-0.4, -0.2) is 17.5 Å². The van der Waals surface area contributed by atoms with Crippen LogP contribution in [0.5, 0.6) is 5.75 Å². The predicted octanol–water partition coefficient (Wildman–Crippen LogP) is 2.38. The second-order valence-electron chi connectivity index (χ2n) is 5.92. The number of amides is 1. The summed E-state index contributed by atoms with van der Waals surface area (Å²) in [5.74, 6) is -0.311. The highest BCUT2D eigenvalue weighted by Crippen LogP contribution is 2.34. The molecule has 8 heteroatoms. The zero-order valence-corrected chi connectivity index (χ0v) is 15.1. The van der Waals surface area contributed by atoms with E-state index < -0.39 is 11.5 Å². The Morgan fingerprint density at radius 2 is 1.69 bits per heavy atom. The summed E-state index contributed by atoms with van der Waals surface area (Å²) >= 11 is 0. The minimum absolute atomic E-state index is 0.0501. The maximum atomic E-state index is 12.2. The van der Waals surface area contributed by atoms with Crippen LogP contribution in [0.1, 0.15) is 11.1 Å². The van der Waals surface area contributed by atoms with E-state index in [0.29, 0.717) is 11.3 Å². The van der Waals surface area contributed by atoms with Crippen LogP contribution in [0.25, 0.3) is 11.1 Å². The summed E-state index contributed by atoms with van der Waals surface area (Å²) in [5.41, 5.74) is 5.73. The van der Waals surface area contributed by atoms with Gasteiger partial charge in [0.1, 0.15) is 34.8 Å². The van der Waals surface area contributed by atoms with Gasteiger partial charge in [0.2, 0.25) is 0 Å². The van der Waals surface area contributed by atoms with Crippen LogP contribution < -0.4 is 21.3 Å². The van der Waals surface area contributed by atoms with Gasteiger partial charge < -0.3 is 20.8 Å². The first-order valence-corrected chi connectivity index (χ1v) is 8.48. The Morgan fingerprint density at radius 1 is 1.03 bits per heavy atom. The molecule has 0 saturated carbocycles. The van der Waals surface area contributed by atoms with Crippen LogP contribution >= 0.6 is 0 Å². The van der Waals surface area contributed by atoms with Crippen molar-refractivity contribution in [3.8, 4) is 29.0 Å². The molecule has 0 atom stereocenters. The smallest absolute Gasteiger partial charge is 0.268 e. The molecule has 0 bridgehead atoms. The number of H-pyrrole nitrogens is 1. The highest BCUT2D eigenvalue weighted by atomic mass is 16.5. The Hall–Kier alpha value is -4.56. The number of nitriles is 2. The molecule has 29 heavy (non-hydrogen) atoms. The first-order chi connectivity index (χ1) is 14.0. The minimum atomic E-state index is -0.712. The molecular formula is C21H15N5O3. The fraction of sp³-hybridized carbons (Fsp3) is 0.0476. The van der Waals surface area contributed by atoms with E-state index in [4.69, 9.17) is 10.5 Å². The molecule has 0 saturated heterocycles. The first kappa shape index (κ1) is 19.2. The molecule has 0 aliphatic rings. The van der Waals surface area contributed by atoms with Crippen molar-refractivity contribution in [2.75, 3.05) is 17.7 Å². The van der Waals surface area contributed by atoms with Gasteiger partial charge in [0, 0.05) is 16.8 Å². The quantitative estimate of drug-likeness (QED) is 0.615. The number of nitrogens with one attached hydrogen (secondary N) is 2. The average Bonchev–Trinajstić information content (AvgIpc) is 2.73. The maximum Gasteiger partial charge on any atom is 0.268 e. The molecule has 0 aliphatic heterocycles. The zero-order chi connectivity index (χ0) is 20.8. The SMILES string of the molecule is N#Cc1c(N)[nH]c(=O)c(C#N)c1-c1ccccc1OCC(=O)Nc1ccccc1. The van der Waals surface area contributed by atoms with Gasteiger partial charge in [-0.15, -0.1) is 0 Å². The summed E-state index contributed by atoms with van der Waals surface area (Å²) in [6, 6.07) is 19.1. The van der Waals surface area contributed by atoms with Crippen molar-refractivity contribution in [2.24, 2.45) is 0 Å². The molecule has 0 fully saturated rings. The molecule has 0 radical (unpaired) electrons. The lowest BCUT2D eigenvalue weighted by molar-refractivity contribution is -0.118. The number of nitrogens with two attached hydrogens (primary N) is 1. The molecule has 142 valence electrons. The standard InChI is InChI=1S/C21H15N5O3/c22-10-15-19(16(11-23)21(28)26-20(15)24)14-8-4-5-9-17(14)29-12-18(27)25-13-6-2-1-3-7-13/h1-9H,12H2,(H,25,27)(H3,24,26,28). The lowest BCUT2D eigenvalue weighted by Gasteiger charge is -2.14. The van der Waals surface area contributed by atoms with Gasteiger partial charge in [-0.2, -0.15) is 10.5 Å². The van der Waals surface area contributed by atoms with Crippen molar-refractivity contribution in [2.45, 2.75) is 0 Å². The van der Waals surface area contributed by atoms with Gasteiger partial charge in [-0.1, -0.05) is 36.4 Å². The molecule has 0 unspecified atom stereocenters. The predicted molar refractivity (Wildman–Crippen MR) is 107 cm³/mol. The second-order valence-corrected chi connectivity index (χ2v) is 5.92. The fourth-order valence-corrected chi connectivity index (χ4v) is 2.77. The molecule has 1 heterocycles. The number of para-hydroxylation sites is 2. The van der Waals surface area contributed by atoms with Crippen LogP contribution in [0.2, 0.25) is 0 Å². The average molecular weight is 385 g/mol. The summed E-state index contributed by atoms with van der Waals surface area (Å²) in [6.45, 7) is -0.311. The number of nitrogens with zero attached hydrogens (tertiary/aromatic N) is 2. The molecule has 4 N–H and O–H groups in total. The minimum Gasteiger partial charge on any atom is -0.483 e. The van der Waals surface area contributed by atoms with Crippen LogP contribution in [0.4, 0.5) is 11.5 Å². The molecule has 1 amide bonds. The summed E-state index contributed by atoms with van der Waals surface area (Å²) in [7, 11) is 0. The van der Waals surface area contributed by atoms with Gasteiger partial charge in [0.15, 0.2) is 6.61 Å². The van der Waals surface area contributed by atoms with Gasteiger partial charge in [-0.25, -0.2) is 0 Å². The van der Waals surface area contributed by atoms with E-state index in [0.717, 1.165) is 0 Å². The third-order valence-corrected chi connectivity index (χ3v) is 4.04. The lowest BCUT2D eigenvalue weighted by atomic mass is 9.96. The summed E-state index contributed by atoms with van der Waals surface area (Å²) in [6.07, 6.45) is 0. The maximum absolute atomic E-state index is 12.2. The van der Waals surface area contributed by atoms with Crippen molar-refractivity contribution < 1.29 is 9.53 Å². The second kappa shape index (κ2) is 8.42. The van der Waals surface area contributed by atoms with Gasteiger partial charge in [0.25, 0.3) is 11.5 Å². The van der Waals surface area contributed by atoms with E-state index in [2.05, 4.69) is 10.3 Å². The zero-order valence-electron chi connectivity index (χ0n) is 15.1. The van der Waals surface area contributed by atoms with E-state index >= 15 is 0 Å². The number of carbonyl (C=O) groups is 1.